The van der Waals surface area contributed by atoms with Crippen LogP contribution in [0, 0.1) is 6.92 Å². The molecule has 1 aromatic carbocycles. The minimum Gasteiger partial charge on any atom is -0.367 e. The molecule has 0 aliphatic rings. The molecule has 0 atom stereocenters. The Morgan fingerprint density at radius 3 is 2.82 bits per heavy atom. The van der Waals surface area contributed by atoms with Crippen molar-refractivity contribution in [3.63, 3.8) is 0 Å². The van der Waals surface area contributed by atoms with Gasteiger partial charge >= 0.3 is 0 Å². The summed E-state index contributed by atoms with van der Waals surface area (Å²) in [7, 11) is 3.62. The fourth-order valence-electron chi connectivity index (χ4n) is 1.65. The molecule has 0 saturated carbocycles. The molecule has 0 fully saturated rings. The molecule has 0 aliphatic heterocycles. The van der Waals surface area contributed by atoms with Crippen molar-refractivity contribution in [1.82, 2.24) is 15.3 Å². The maximum absolute atomic E-state index is 12.1. The number of hydrogen-bond donors (Lipinski definition) is 1. The van der Waals surface area contributed by atoms with Crippen LogP contribution in [0.4, 0.5) is 0 Å². The highest BCUT2D eigenvalue weighted by Gasteiger charge is 2.18. The van der Waals surface area contributed by atoms with E-state index in [4.69, 9.17) is 23.2 Å². The second-order valence-corrected chi connectivity index (χ2v) is 6.47. The van der Waals surface area contributed by atoms with E-state index in [2.05, 4.69) is 15.5 Å². The molecular formula is C14H14Cl2N4OS. The van der Waals surface area contributed by atoms with Gasteiger partial charge in [-0.05, 0) is 13.0 Å². The average Bonchev–Trinajstić information content (AvgIpc) is 2.83. The minimum atomic E-state index is -0.308. The average molecular weight is 357 g/mol. The summed E-state index contributed by atoms with van der Waals surface area (Å²) in [5.74, 6) is -0.308. The fourth-order valence-corrected chi connectivity index (χ4v) is 3.08. The molecule has 1 aromatic heterocycles. The van der Waals surface area contributed by atoms with Crippen LogP contribution in [0.3, 0.4) is 0 Å². The van der Waals surface area contributed by atoms with Gasteiger partial charge in [0.25, 0.3) is 5.91 Å². The third kappa shape index (κ3) is 3.76. The highest BCUT2D eigenvalue weighted by molar-refractivity contribution is 7.17. The first-order chi connectivity index (χ1) is 10.4. The first kappa shape index (κ1) is 16.7. The number of hydrogen-bond acceptors (Lipinski definition) is 4. The standard InChI is InChI=1S/C14H14Cl2N4OS/c1-8-12(13(21)19-17-7-20(2)3)22-14(18-8)9-5-4-6-10(15)11(9)16/h4-7H,1-3H3,(H,19,21)/b17-7+. The van der Waals surface area contributed by atoms with Crippen molar-refractivity contribution in [3.05, 3.63) is 38.8 Å². The lowest BCUT2D eigenvalue weighted by Crippen LogP contribution is -2.20. The van der Waals surface area contributed by atoms with Crippen molar-refractivity contribution in [2.75, 3.05) is 14.1 Å². The minimum absolute atomic E-state index is 0.308. The number of carbonyl (C=O) groups is 1. The van der Waals surface area contributed by atoms with Gasteiger partial charge in [-0.25, -0.2) is 10.4 Å². The molecule has 2 aromatic rings. The van der Waals surface area contributed by atoms with E-state index in [0.717, 1.165) is 0 Å². The zero-order valence-corrected chi connectivity index (χ0v) is 14.6. The van der Waals surface area contributed by atoms with Gasteiger partial charge in [0.05, 0.1) is 15.7 Å². The van der Waals surface area contributed by atoms with Gasteiger partial charge in [0.15, 0.2) is 0 Å². The first-order valence-electron chi connectivity index (χ1n) is 6.32. The summed E-state index contributed by atoms with van der Waals surface area (Å²) >= 11 is 13.5. The van der Waals surface area contributed by atoms with Gasteiger partial charge in [0.2, 0.25) is 0 Å². The summed E-state index contributed by atoms with van der Waals surface area (Å²) in [4.78, 5) is 18.7. The number of halogens is 2. The van der Waals surface area contributed by atoms with Gasteiger partial charge in [0, 0.05) is 19.7 Å². The number of thiazole rings is 1. The second-order valence-electron chi connectivity index (χ2n) is 4.68. The van der Waals surface area contributed by atoms with Crippen LogP contribution in [-0.4, -0.2) is 36.2 Å². The molecular weight excluding hydrogens is 343 g/mol. The second kappa shape index (κ2) is 7.09. The van der Waals surface area contributed by atoms with Crippen LogP contribution < -0.4 is 5.43 Å². The quantitative estimate of drug-likeness (QED) is 0.516. The zero-order chi connectivity index (χ0) is 16.3. The highest BCUT2D eigenvalue weighted by atomic mass is 35.5. The van der Waals surface area contributed by atoms with E-state index in [-0.39, 0.29) is 5.91 Å². The predicted octanol–water partition coefficient (Wildman–Crippen LogP) is 3.66. The number of amides is 1. The van der Waals surface area contributed by atoms with Crippen LogP contribution in [0.5, 0.6) is 0 Å². The molecule has 2 rings (SSSR count). The first-order valence-corrected chi connectivity index (χ1v) is 7.89. The summed E-state index contributed by atoms with van der Waals surface area (Å²) in [6.45, 7) is 1.77. The van der Waals surface area contributed by atoms with E-state index >= 15 is 0 Å². The number of carbonyl (C=O) groups excluding carboxylic acids is 1. The molecule has 116 valence electrons. The van der Waals surface area contributed by atoms with Crippen LogP contribution in [0.25, 0.3) is 10.6 Å². The van der Waals surface area contributed by atoms with E-state index in [1.165, 1.54) is 17.7 Å². The van der Waals surface area contributed by atoms with Gasteiger partial charge in [-0.2, -0.15) is 5.10 Å². The number of aromatic nitrogens is 1. The molecule has 0 spiro atoms. The van der Waals surface area contributed by atoms with Gasteiger partial charge in [0.1, 0.15) is 16.2 Å². The Hall–Kier alpha value is -1.63. The lowest BCUT2D eigenvalue weighted by atomic mass is 10.2. The van der Waals surface area contributed by atoms with Crippen molar-refractivity contribution < 1.29 is 4.79 Å². The molecule has 0 radical (unpaired) electrons. The molecule has 22 heavy (non-hydrogen) atoms. The summed E-state index contributed by atoms with van der Waals surface area (Å²) in [6, 6.07) is 5.32. The molecule has 5 nitrogen and oxygen atoms in total. The zero-order valence-electron chi connectivity index (χ0n) is 12.2. The van der Waals surface area contributed by atoms with Crippen LogP contribution in [-0.2, 0) is 0 Å². The summed E-state index contributed by atoms with van der Waals surface area (Å²) in [5.41, 5.74) is 3.79. The molecule has 1 amide bonds. The molecule has 1 N–H and O–H groups in total. The third-order valence-corrected chi connectivity index (χ3v) is 4.65. The largest absolute Gasteiger partial charge is 0.367 e. The number of nitrogens with one attached hydrogen (secondary N) is 1. The highest BCUT2D eigenvalue weighted by Crippen LogP contribution is 2.36. The Balaban J connectivity index is 2.28. The lowest BCUT2D eigenvalue weighted by molar-refractivity contribution is 0.0958. The molecule has 0 aliphatic carbocycles. The number of rotatable bonds is 4. The Morgan fingerprint density at radius 1 is 1.41 bits per heavy atom. The topological polar surface area (TPSA) is 57.6 Å². The fraction of sp³-hybridized carbons (Fsp3) is 0.214. The summed E-state index contributed by atoms with van der Waals surface area (Å²) in [5, 5.41) is 5.36. The van der Waals surface area contributed by atoms with Gasteiger partial charge < -0.3 is 4.90 Å². The SMILES string of the molecule is Cc1nc(-c2cccc(Cl)c2Cl)sc1C(=O)N/N=C/N(C)C. The number of aryl methyl sites for hydroxylation is 1. The van der Waals surface area contributed by atoms with Gasteiger partial charge in [-0.1, -0.05) is 35.3 Å². The number of hydrazone groups is 1. The van der Waals surface area contributed by atoms with Crippen molar-refractivity contribution in [2.45, 2.75) is 6.92 Å². The van der Waals surface area contributed by atoms with Gasteiger partial charge in [-0.15, -0.1) is 11.3 Å². The molecule has 1 heterocycles. The van der Waals surface area contributed by atoms with Crippen molar-refractivity contribution in [1.29, 1.82) is 0 Å². The Kier molecular flexibility index (Phi) is 5.39. The lowest BCUT2D eigenvalue weighted by Gasteiger charge is -2.02. The van der Waals surface area contributed by atoms with Crippen LogP contribution in [0.2, 0.25) is 10.0 Å². The Bertz CT molecular complexity index is 728. The van der Waals surface area contributed by atoms with Crippen molar-refractivity contribution in [3.8, 4) is 10.6 Å². The van der Waals surface area contributed by atoms with E-state index in [0.29, 0.717) is 31.2 Å². The van der Waals surface area contributed by atoms with E-state index in [9.17, 15) is 4.79 Å². The predicted molar refractivity (Wildman–Crippen MR) is 92.0 cm³/mol. The van der Waals surface area contributed by atoms with Crippen molar-refractivity contribution in [2.24, 2.45) is 5.10 Å². The molecule has 0 unspecified atom stereocenters. The maximum atomic E-state index is 12.1. The van der Waals surface area contributed by atoms with Crippen LogP contribution >= 0.6 is 34.5 Å². The normalized spacial score (nSPS) is 11.0. The Labute approximate surface area is 142 Å². The van der Waals surface area contributed by atoms with E-state index < -0.39 is 0 Å². The monoisotopic (exact) mass is 356 g/mol. The van der Waals surface area contributed by atoms with Crippen LogP contribution in [0.15, 0.2) is 23.3 Å². The molecule has 8 heteroatoms. The number of benzene rings is 1. The smallest absolute Gasteiger partial charge is 0.283 e. The van der Waals surface area contributed by atoms with Crippen molar-refractivity contribution >= 4 is 46.8 Å². The van der Waals surface area contributed by atoms with E-state index in [1.807, 2.05) is 20.2 Å². The molecule has 0 saturated heterocycles. The van der Waals surface area contributed by atoms with Crippen LogP contribution in [0.1, 0.15) is 15.4 Å². The van der Waals surface area contributed by atoms with E-state index in [1.54, 1.807) is 24.0 Å². The summed E-state index contributed by atoms with van der Waals surface area (Å²) < 4.78 is 0. The summed E-state index contributed by atoms with van der Waals surface area (Å²) in [6.07, 6.45) is 1.50. The molecule has 0 bridgehead atoms. The number of nitrogens with zero attached hydrogens (tertiary/aromatic N) is 3. The van der Waals surface area contributed by atoms with Gasteiger partial charge in [-0.3, -0.25) is 4.79 Å². The Morgan fingerprint density at radius 2 is 2.14 bits per heavy atom. The third-order valence-electron chi connectivity index (χ3n) is 2.64. The maximum Gasteiger partial charge on any atom is 0.283 e.